The Bertz CT molecular complexity index is 397. The Morgan fingerprint density at radius 3 is 2.65 bits per heavy atom. The third-order valence-electron chi connectivity index (χ3n) is 3.07. The van der Waals surface area contributed by atoms with Crippen molar-refractivity contribution in [3.63, 3.8) is 0 Å². The molecule has 0 saturated heterocycles. The lowest BCUT2D eigenvalue weighted by Crippen LogP contribution is -2.30. The van der Waals surface area contributed by atoms with Crippen molar-refractivity contribution in [3.8, 4) is 0 Å². The molecule has 0 aliphatic heterocycles. The molecule has 1 unspecified atom stereocenters. The van der Waals surface area contributed by atoms with E-state index < -0.39 is 0 Å². The largest absolute Gasteiger partial charge is 0.379 e. The van der Waals surface area contributed by atoms with E-state index in [1.165, 1.54) is 5.56 Å². The van der Waals surface area contributed by atoms with Crippen molar-refractivity contribution < 1.29 is 4.74 Å². The average Bonchev–Trinajstić information content (AvgIpc) is 2.41. The Morgan fingerprint density at radius 2 is 2.00 bits per heavy atom. The molecule has 0 N–H and O–H groups in total. The van der Waals surface area contributed by atoms with Crippen molar-refractivity contribution in [2.45, 2.75) is 11.8 Å². The van der Waals surface area contributed by atoms with E-state index in [0.717, 1.165) is 6.42 Å². The third-order valence-corrected chi connectivity index (χ3v) is 3.23. The highest BCUT2D eigenvalue weighted by Gasteiger charge is 2.29. The number of allylic oxidation sites excluding steroid dienone is 3. The van der Waals surface area contributed by atoms with Gasteiger partial charge in [0.25, 0.3) is 0 Å². The summed E-state index contributed by atoms with van der Waals surface area (Å²) in [6.07, 6.45) is 9.59. The summed E-state index contributed by atoms with van der Waals surface area (Å²) in [4.78, 5) is 0. The predicted octanol–water partition coefficient (Wildman–Crippen LogP) is 3.70. The molecule has 0 radical (unpaired) electrons. The van der Waals surface area contributed by atoms with E-state index in [0.29, 0.717) is 19.1 Å². The van der Waals surface area contributed by atoms with Crippen LogP contribution in [0.3, 0.4) is 0 Å². The molecule has 2 heteroatoms. The van der Waals surface area contributed by atoms with Crippen LogP contribution in [0.2, 0.25) is 0 Å². The molecular formula is C15H17ClO. The summed E-state index contributed by atoms with van der Waals surface area (Å²) >= 11 is 5.65. The number of benzene rings is 1. The summed E-state index contributed by atoms with van der Waals surface area (Å²) in [5, 5.41) is 0. The molecule has 1 aliphatic rings. The Morgan fingerprint density at radius 1 is 1.18 bits per heavy atom. The fraction of sp³-hybridized carbons (Fsp3) is 0.333. The van der Waals surface area contributed by atoms with Crippen molar-refractivity contribution in [2.75, 3.05) is 19.1 Å². The number of hydrogen-bond acceptors (Lipinski definition) is 1. The summed E-state index contributed by atoms with van der Waals surface area (Å²) in [6.45, 7) is 1.29. The zero-order chi connectivity index (χ0) is 12.0. The first-order chi connectivity index (χ1) is 8.37. The van der Waals surface area contributed by atoms with Crippen LogP contribution in [-0.4, -0.2) is 19.1 Å². The average molecular weight is 249 g/mol. The van der Waals surface area contributed by atoms with E-state index >= 15 is 0 Å². The molecule has 0 spiro atoms. The first-order valence-electron chi connectivity index (χ1n) is 5.91. The SMILES string of the molecule is ClCCOCC1(c2ccccc2)C=CC=CC1. The first-order valence-corrected chi connectivity index (χ1v) is 6.44. The topological polar surface area (TPSA) is 9.23 Å². The van der Waals surface area contributed by atoms with E-state index in [1.54, 1.807) is 0 Å². The third kappa shape index (κ3) is 2.99. The lowest BCUT2D eigenvalue weighted by Gasteiger charge is -2.31. The molecule has 0 amide bonds. The maximum atomic E-state index is 5.66. The van der Waals surface area contributed by atoms with Crippen LogP contribution in [0.1, 0.15) is 12.0 Å². The van der Waals surface area contributed by atoms with Crippen LogP contribution in [0.5, 0.6) is 0 Å². The molecule has 0 saturated carbocycles. The molecule has 1 nitrogen and oxygen atoms in total. The van der Waals surface area contributed by atoms with E-state index in [9.17, 15) is 0 Å². The molecule has 0 fully saturated rings. The van der Waals surface area contributed by atoms with Gasteiger partial charge in [0.2, 0.25) is 0 Å². The van der Waals surface area contributed by atoms with Gasteiger partial charge in [-0.25, -0.2) is 0 Å². The van der Waals surface area contributed by atoms with Gasteiger partial charge < -0.3 is 4.74 Å². The van der Waals surface area contributed by atoms with Crippen molar-refractivity contribution in [3.05, 3.63) is 60.2 Å². The minimum absolute atomic E-state index is 0.0257. The lowest BCUT2D eigenvalue weighted by molar-refractivity contribution is 0.111. The standard InChI is InChI=1S/C15H17ClO/c16-11-12-17-13-15(9-5-2-6-10-15)14-7-3-1-4-8-14/h1-9H,10-13H2. The van der Waals surface area contributed by atoms with Crippen LogP contribution in [0.4, 0.5) is 0 Å². The molecule has 0 heterocycles. The highest BCUT2D eigenvalue weighted by Crippen LogP contribution is 2.32. The Kier molecular flexibility index (Phi) is 4.41. The minimum Gasteiger partial charge on any atom is -0.379 e. The summed E-state index contributed by atoms with van der Waals surface area (Å²) in [7, 11) is 0. The molecule has 2 rings (SSSR count). The van der Waals surface area contributed by atoms with E-state index in [2.05, 4.69) is 48.6 Å². The van der Waals surface area contributed by atoms with Gasteiger partial charge in [-0.3, -0.25) is 0 Å². The quantitative estimate of drug-likeness (QED) is 0.570. The number of hydrogen-bond donors (Lipinski definition) is 0. The van der Waals surface area contributed by atoms with Gasteiger partial charge in [-0.05, 0) is 12.0 Å². The Hall–Kier alpha value is -1.05. The van der Waals surface area contributed by atoms with Crippen molar-refractivity contribution in [1.82, 2.24) is 0 Å². The van der Waals surface area contributed by atoms with Crippen LogP contribution in [0.15, 0.2) is 54.6 Å². The van der Waals surface area contributed by atoms with Gasteiger partial charge in [-0.2, -0.15) is 0 Å². The fourth-order valence-electron chi connectivity index (χ4n) is 2.15. The van der Waals surface area contributed by atoms with Crippen molar-refractivity contribution in [1.29, 1.82) is 0 Å². The van der Waals surface area contributed by atoms with Crippen LogP contribution in [-0.2, 0) is 10.2 Å². The monoisotopic (exact) mass is 248 g/mol. The van der Waals surface area contributed by atoms with Crippen molar-refractivity contribution >= 4 is 11.6 Å². The Balaban J connectivity index is 2.19. The molecule has 1 atom stereocenters. The minimum atomic E-state index is -0.0257. The molecule has 90 valence electrons. The second-order valence-corrected chi connectivity index (χ2v) is 4.63. The maximum absolute atomic E-state index is 5.66. The van der Waals surface area contributed by atoms with Gasteiger partial charge in [-0.1, -0.05) is 54.6 Å². The normalized spacial score (nSPS) is 22.9. The molecule has 1 aromatic carbocycles. The van der Waals surface area contributed by atoms with E-state index in [1.807, 2.05) is 6.07 Å². The summed E-state index contributed by atoms with van der Waals surface area (Å²) < 4.78 is 5.66. The molecule has 0 bridgehead atoms. The van der Waals surface area contributed by atoms with Gasteiger partial charge in [0.1, 0.15) is 0 Å². The predicted molar refractivity (Wildman–Crippen MR) is 72.6 cm³/mol. The lowest BCUT2D eigenvalue weighted by atomic mass is 9.76. The summed E-state index contributed by atoms with van der Waals surface area (Å²) in [5.74, 6) is 0.546. The molecule has 1 aliphatic carbocycles. The van der Waals surface area contributed by atoms with Crippen LogP contribution >= 0.6 is 11.6 Å². The van der Waals surface area contributed by atoms with Gasteiger partial charge in [0.05, 0.1) is 13.2 Å². The van der Waals surface area contributed by atoms with E-state index in [4.69, 9.17) is 16.3 Å². The number of ether oxygens (including phenoxy) is 1. The number of halogens is 1. The number of rotatable bonds is 5. The molecule has 17 heavy (non-hydrogen) atoms. The van der Waals surface area contributed by atoms with Crippen LogP contribution < -0.4 is 0 Å². The van der Waals surface area contributed by atoms with E-state index in [-0.39, 0.29) is 5.41 Å². The molecular weight excluding hydrogens is 232 g/mol. The second-order valence-electron chi connectivity index (χ2n) is 4.26. The van der Waals surface area contributed by atoms with Gasteiger partial charge in [-0.15, -0.1) is 11.6 Å². The zero-order valence-electron chi connectivity index (χ0n) is 9.81. The van der Waals surface area contributed by atoms with Gasteiger partial charge in [0, 0.05) is 11.3 Å². The second kappa shape index (κ2) is 6.04. The van der Waals surface area contributed by atoms with Gasteiger partial charge >= 0.3 is 0 Å². The van der Waals surface area contributed by atoms with Crippen molar-refractivity contribution in [2.24, 2.45) is 0 Å². The smallest absolute Gasteiger partial charge is 0.0602 e. The zero-order valence-corrected chi connectivity index (χ0v) is 10.6. The first kappa shape index (κ1) is 12.4. The molecule has 0 aromatic heterocycles. The highest BCUT2D eigenvalue weighted by molar-refractivity contribution is 6.17. The van der Waals surface area contributed by atoms with Gasteiger partial charge in [0.15, 0.2) is 0 Å². The van der Waals surface area contributed by atoms with Crippen LogP contribution in [0.25, 0.3) is 0 Å². The summed E-state index contributed by atoms with van der Waals surface area (Å²) in [6, 6.07) is 10.5. The summed E-state index contributed by atoms with van der Waals surface area (Å²) in [5.41, 5.74) is 1.28. The fourth-order valence-corrected chi connectivity index (χ4v) is 2.26. The highest BCUT2D eigenvalue weighted by atomic mass is 35.5. The number of alkyl halides is 1. The maximum Gasteiger partial charge on any atom is 0.0602 e. The van der Waals surface area contributed by atoms with Crippen LogP contribution in [0, 0.1) is 0 Å². The molecule has 1 aromatic rings. The Labute approximate surface area is 108 Å².